The molecule has 0 aliphatic heterocycles. The Morgan fingerprint density at radius 2 is 1.76 bits per heavy atom. The van der Waals surface area contributed by atoms with E-state index in [1.165, 1.54) is 0 Å². The summed E-state index contributed by atoms with van der Waals surface area (Å²) in [7, 11) is 0. The van der Waals surface area contributed by atoms with E-state index in [4.69, 9.17) is 19.9 Å². The predicted octanol–water partition coefficient (Wildman–Crippen LogP) is 4.32. The summed E-state index contributed by atoms with van der Waals surface area (Å²) in [5, 5.41) is 0. The van der Waals surface area contributed by atoms with Crippen molar-refractivity contribution in [1.82, 2.24) is 0 Å². The third-order valence-corrected chi connectivity index (χ3v) is 3.50. The largest absolute Gasteiger partial charge is 0.494 e. The van der Waals surface area contributed by atoms with Crippen molar-refractivity contribution >= 4 is 5.69 Å². The quantitative estimate of drug-likeness (QED) is 0.512. The molecule has 2 aromatic carbocycles. The number of nitrogens with two attached hydrogens (primary N) is 1. The van der Waals surface area contributed by atoms with E-state index < -0.39 is 11.6 Å². The molecule has 4 nitrogen and oxygen atoms in total. The molecule has 0 aliphatic rings. The zero-order valence-corrected chi connectivity index (χ0v) is 14.3. The summed E-state index contributed by atoms with van der Waals surface area (Å²) < 4.78 is 42.8. The van der Waals surface area contributed by atoms with Gasteiger partial charge in [-0.15, -0.1) is 0 Å². The third kappa shape index (κ3) is 6.23. The molecule has 0 saturated heterocycles. The van der Waals surface area contributed by atoms with Gasteiger partial charge in [0.15, 0.2) is 0 Å². The lowest BCUT2D eigenvalue weighted by Gasteiger charge is -2.11. The first-order valence-electron chi connectivity index (χ1n) is 8.27. The van der Waals surface area contributed by atoms with Gasteiger partial charge in [0.1, 0.15) is 23.1 Å². The zero-order valence-electron chi connectivity index (χ0n) is 14.3. The molecule has 0 bridgehead atoms. The molecule has 0 saturated carbocycles. The van der Waals surface area contributed by atoms with E-state index >= 15 is 0 Å². The highest BCUT2D eigenvalue weighted by atomic mass is 19.1. The van der Waals surface area contributed by atoms with Crippen LogP contribution in [0.15, 0.2) is 36.4 Å². The van der Waals surface area contributed by atoms with Crippen LogP contribution >= 0.6 is 0 Å². The fraction of sp³-hybridized carbons (Fsp3) is 0.368. The normalized spacial score (nSPS) is 10.7. The van der Waals surface area contributed by atoms with Crippen LogP contribution in [0.4, 0.5) is 14.5 Å². The molecule has 136 valence electrons. The molecule has 2 N–H and O–H groups in total. The Balaban J connectivity index is 1.63. The van der Waals surface area contributed by atoms with Gasteiger partial charge in [-0.2, -0.15) is 0 Å². The number of unbranched alkanes of at least 4 members (excludes halogenated alkanes) is 1. The lowest BCUT2D eigenvalue weighted by molar-refractivity contribution is 0.111. The van der Waals surface area contributed by atoms with E-state index in [9.17, 15) is 8.78 Å². The number of anilines is 1. The van der Waals surface area contributed by atoms with E-state index in [1.807, 2.05) is 13.0 Å². The standard InChI is InChI=1S/C19H23F2NO3/c1-2-24-16-6-8-19(18(22)12-16)25-10-4-3-9-23-13-14-11-15(20)5-7-17(14)21/h5-8,11-12H,2-4,9-10,13,22H2,1H3. The SMILES string of the molecule is CCOc1ccc(OCCCCOCc2cc(F)ccc2F)c(N)c1. The minimum absolute atomic E-state index is 0.0519. The molecule has 2 aromatic rings. The zero-order chi connectivity index (χ0) is 18.1. The van der Waals surface area contributed by atoms with Crippen LogP contribution in [0.5, 0.6) is 11.5 Å². The summed E-state index contributed by atoms with van der Waals surface area (Å²) in [5.74, 6) is 0.397. The van der Waals surface area contributed by atoms with Crippen LogP contribution < -0.4 is 15.2 Å². The highest BCUT2D eigenvalue weighted by Gasteiger charge is 2.05. The van der Waals surface area contributed by atoms with Crippen LogP contribution in [-0.2, 0) is 11.3 Å². The van der Waals surface area contributed by atoms with Crippen molar-refractivity contribution in [2.45, 2.75) is 26.4 Å². The van der Waals surface area contributed by atoms with Crippen molar-refractivity contribution in [3.05, 3.63) is 53.6 Å². The summed E-state index contributed by atoms with van der Waals surface area (Å²) in [6.45, 7) is 3.48. The van der Waals surface area contributed by atoms with Crippen LogP contribution in [0.3, 0.4) is 0 Å². The van der Waals surface area contributed by atoms with E-state index in [0.29, 0.717) is 37.0 Å². The Morgan fingerprint density at radius 1 is 0.960 bits per heavy atom. The van der Waals surface area contributed by atoms with E-state index in [-0.39, 0.29) is 12.2 Å². The maximum Gasteiger partial charge on any atom is 0.142 e. The van der Waals surface area contributed by atoms with Crippen LogP contribution in [0.25, 0.3) is 0 Å². The summed E-state index contributed by atoms with van der Waals surface area (Å²) in [6.07, 6.45) is 1.51. The second kappa shape index (κ2) is 9.84. The van der Waals surface area contributed by atoms with Gasteiger partial charge < -0.3 is 19.9 Å². The molecule has 0 unspecified atom stereocenters. The second-order valence-electron chi connectivity index (χ2n) is 5.48. The van der Waals surface area contributed by atoms with Crippen molar-refractivity contribution in [3.63, 3.8) is 0 Å². The molecule has 0 aliphatic carbocycles. The molecule has 6 heteroatoms. The van der Waals surface area contributed by atoms with Crippen molar-refractivity contribution < 1.29 is 23.0 Å². The van der Waals surface area contributed by atoms with E-state index in [0.717, 1.165) is 31.0 Å². The van der Waals surface area contributed by atoms with Gasteiger partial charge in [-0.3, -0.25) is 0 Å². The van der Waals surface area contributed by atoms with Crippen molar-refractivity contribution in [2.75, 3.05) is 25.6 Å². The molecular formula is C19H23F2NO3. The average molecular weight is 351 g/mol. The van der Waals surface area contributed by atoms with Gasteiger partial charge in [0.05, 0.1) is 25.5 Å². The van der Waals surface area contributed by atoms with E-state index in [1.54, 1.807) is 12.1 Å². The summed E-state index contributed by atoms with van der Waals surface area (Å²) in [6, 6.07) is 8.66. The molecule has 0 heterocycles. The van der Waals surface area contributed by atoms with Crippen LogP contribution in [-0.4, -0.2) is 19.8 Å². The van der Waals surface area contributed by atoms with Crippen molar-refractivity contribution in [1.29, 1.82) is 0 Å². The number of halogens is 2. The topological polar surface area (TPSA) is 53.7 Å². The minimum Gasteiger partial charge on any atom is -0.494 e. The Hall–Kier alpha value is -2.34. The van der Waals surface area contributed by atoms with Gasteiger partial charge in [-0.1, -0.05) is 0 Å². The minimum atomic E-state index is -0.471. The molecule has 2 rings (SSSR count). The average Bonchev–Trinajstić information content (AvgIpc) is 2.59. The summed E-state index contributed by atoms with van der Waals surface area (Å²) >= 11 is 0. The monoisotopic (exact) mass is 351 g/mol. The molecule has 0 spiro atoms. The van der Waals surface area contributed by atoms with Gasteiger partial charge in [0, 0.05) is 18.2 Å². The molecule has 0 aromatic heterocycles. The number of ether oxygens (including phenoxy) is 3. The first-order chi connectivity index (χ1) is 12.1. The summed E-state index contributed by atoms with van der Waals surface area (Å²) in [4.78, 5) is 0. The van der Waals surface area contributed by atoms with Gasteiger partial charge in [0.2, 0.25) is 0 Å². The van der Waals surface area contributed by atoms with Crippen LogP contribution in [0.1, 0.15) is 25.3 Å². The number of rotatable bonds is 10. The fourth-order valence-electron chi connectivity index (χ4n) is 2.24. The Kier molecular flexibility index (Phi) is 7.47. The lowest BCUT2D eigenvalue weighted by Crippen LogP contribution is -2.04. The first-order valence-corrected chi connectivity index (χ1v) is 8.27. The third-order valence-electron chi connectivity index (χ3n) is 3.50. The first kappa shape index (κ1) is 19.0. The predicted molar refractivity (Wildman–Crippen MR) is 92.8 cm³/mol. The smallest absolute Gasteiger partial charge is 0.142 e. The Morgan fingerprint density at radius 3 is 2.52 bits per heavy atom. The molecule has 0 amide bonds. The maximum atomic E-state index is 13.4. The van der Waals surface area contributed by atoms with Crippen molar-refractivity contribution in [3.8, 4) is 11.5 Å². The highest BCUT2D eigenvalue weighted by Crippen LogP contribution is 2.26. The Bertz CT molecular complexity index is 680. The van der Waals surface area contributed by atoms with Gasteiger partial charge in [-0.25, -0.2) is 8.78 Å². The number of hydrogen-bond donors (Lipinski definition) is 1. The van der Waals surface area contributed by atoms with Gasteiger partial charge in [-0.05, 0) is 50.1 Å². The second-order valence-corrected chi connectivity index (χ2v) is 5.48. The van der Waals surface area contributed by atoms with Gasteiger partial charge >= 0.3 is 0 Å². The number of benzene rings is 2. The molecular weight excluding hydrogens is 328 g/mol. The molecule has 25 heavy (non-hydrogen) atoms. The molecule has 0 radical (unpaired) electrons. The van der Waals surface area contributed by atoms with E-state index in [2.05, 4.69) is 0 Å². The number of nitrogen functional groups attached to an aromatic ring is 1. The van der Waals surface area contributed by atoms with Gasteiger partial charge in [0.25, 0.3) is 0 Å². The number of hydrogen-bond acceptors (Lipinski definition) is 4. The fourth-order valence-corrected chi connectivity index (χ4v) is 2.24. The molecule has 0 atom stereocenters. The highest BCUT2D eigenvalue weighted by molar-refractivity contribution is 5.56. The summed E-state index contributed by atoms with van der Waals surface area (Å²) in [5.41, 5.74) is 6.66. The van der Waals surface area contributed by atoms with Crippen LogP contribution in [0, 0.1) is 11.6 Å². The maximum absolute atomic E-state index is 13.4. The molecule has 0 fully saturated rings. The van der Waals surface area contributed by atoms with Crippen LogP contribution in [0.2, 0.25) is 0 Å². The lowest BCUT2D eigenvalue weighted by atomic mass is 10.2. The van der Waals surface area contributed by atoms with Crippen molar-refractivity contribution in [2.24, 2.45) is 0 Å². The Labute approximate surface area is 146 Å².